The van der Waals surface area contributed by atoms with Crippen molar-refractivity contribution in [3.05, 3.63) is 0 Å². The Kier molecular flexibility index (Phi) is 2.47. The zero-order chi connectivity index (χ0) is 14.9. The molecule has 116 valence electrons. The third-order valence-corrected chi connectivity index (χ3v) is 5.88. The van der Waals surface area contributed by atoms with Gasteiger partial charge >= 0.3 is 6.18 Å². The van der Waals surface area contributed by atoms with E-state index in [1.165, 1.54) is 0 Å². The van der Waals surface area contributed by atoms with Crippen LogP contribution in [0.2, 0.25) is 0 Å². The fourth-order valence-corrected chi connectivity index (χ4v) is 4.09. The fraction of sp³-hybridized carbons (Fsp3) is 0.923. The van der Waals surface area contributed by atoms with Gasteiger partial charge in [0.25, 0.3) is 0 Å². The lowest BCUT2D eigenvalue weighted by Gasteiger charge is -2.44. The van der Waals surface area contributed by atoms with Gasteiger partial charge in [-0.1, -0.05) is 5.10 Å². The lowest BCUT2D eigenvalue weighted by molar-refractivity contribution is -0.258. The average molecular weight is 301 g/mol. The first-order chi connectivity index (χ1) is 9.86. The van der Waals surface area contributed by atoms with Crippen molar-refractivity contribution in [2.24, 2.45) is 11.3 Å². The maximum atomic E-state index is 13.4. The number of rotatable bonds is 2. The topological polar surface area (TPSA) is 46.8 Å². The van der Waals surface area contributed by atoms with Gasteiger partial charge < -0.3 is 4.90 Å². The van der Waals surface area contributed by atoms with Crippen molar-refractivity contribution >= 4 is 5.95 Å². The maximum absolute atomic E-state index is 13.4. The number of fused-ring (bicyclic) bond motifs is 1. The van der Waals surface area contributed by atoms with Crippen LogP contribution in [0.4, 0.5) is 19.1 Å². The Morgan fingerprint density at radius 3 is 2.48 bits per heavy atom. The summed E-state index contributed by atoms with van der Waals surface area (Å²) in [6, 6.07) is 0. The van der Waals surface area contributed by atoms with Gasteiger partial charge in [0, 0.05) is 13.1 Å². The Balaban J connectivity index is 1.64. The summed E-state index contributed by atoms with van der Waals surface area (Å²) >= 11 is 0. The Bertz CT molecular complexity index is 564. The zero-order valence-electron chi connectivity index (χ0n) is 11.9. The summed E-state index contributed by atoms with van der Waals surface area (Å²) in [5.41, 5.74) is -1.67. The molecular formula is C13H18F3N5. The number of anilines is 1. The van der Waals surface area contributed by atoms with Gasteiger partial charge in [0.15, 0.2) is 0 Å². The third kappa shape index (κ3) is 1.61. The molecule has 0 N–H and O–H groups in total. The number of alkyl halides is 3. The standard InChI is InChI=1S/C13H18F3N5/c1-11(4-2-5-11)21-10(17-18-19-21)20-7-9-3-6-12(9,8-20)13(14,15)16/h9H,2-8H2,1H3/t9-,12-/m0/s1. The maximum Gasteiger partial charge on any atom is 0.396 e. The molecule has 2 aliphatic carbocycles. The normalized spacial score (nSPS) is 34.3. The predicted octanol–water partition coefficient (Wildman–Crippen LogP) is 2.35. The molecule has 0 spiro atoms. The highest BCUT2D eigenvalue weighted by atomic mass is 19.4. The minimum atomic E-state index is -4.14. The van der Waals surface area contributed by atoms with E-state index in [1.54, 1.807) is 9.58 Å². The van der Waals surface area contributed by atoms with Crippen molar-refractivity contribution in [1.29, 1.82) is 0 Å². The van der Waals surface area contributed by atoms with E-state index in [0.717, 1.165) is 19.3 Å². The van der Waals surface area contributed by atoms with E-state index < -0.39 is 11.6 Å². The summed E-state index contributed by atoms with van der Waals surface area (Å²) < 4.78 is 41.9. The van der Waals surface area contributed by atoms with Gasteiger partial charge in [-0.3, -0.25) is 0 Å². The molecule has 5 nitrogen and oxygen atoms in total. The third-order valence-electron chi connectivity index (χ3n) is 5.88. The molecule has 8 heteroatoms. The molecule has 3 aliphatic rings. The quantitative estimate of drug-likeness (QED) is 0.841. The molecule has 2 saturated carbocycles. The summed E-state index contributed by atoms with van der Waals surface area (Å²) in [6.45, 7) is 2.48. The Labute approximate surface area is 120 Å². The van der Waals surface area contributed by atoms with E-state index in [0.29, 0.717) is 18.9 Å². The monoisotopic (exact) mass is 301 g/mol. The highest BCUT2D eigenvalue weighted by molar-refractivity contribution is 5.36. The summed E-state index contributed by atoms with van der Waals surface area (Å²) in [4.78, 5) is 1.74. The molecule has 1 saturated heterocycles. The van der Waals surface area contributed by atoms with Crippen molar-refractivity contribution in [1.82, 2.24) is 20.2 Å². The van der Waals surface area contributed by atoms with E-state index >= 15 is 0 Å². The molecule has 0 amide bonds. The van der Waals surface area contributed by atoms with Crippen molar-refractivity contribution in [2.75, 3.05) is 18.0 Å². The van der Waals surface area contributed by atoms with Crippen molar-refractivity contribution in [3.63, 3.8) is 0 Å². The van der Waals surface area contributed by atoms with Crippen LogP contribution in [0.5, 0.6) is 0 Å². The molecule has 1 aromatic heterocycles. The van der Waals surface area contributed by atoms with Gasteiger partial charge in [0.1, 0.15) is 0 Å². The van der Waals surface area contributed by atoms with Crippen molar-refractivity contribution in [3.8, 4) is 0 Å². The second-order valence-electron chi connectivity index (χ2n) is 7.01. The molecule has 2 atom stereocenters. The molecule has 1 aromatic rings. The fourth-order valence-electron chi connectivity index (χ4n) is 4.09. The second kappa shape index (κ2) is 3.89. The highest BCUT2D eigenvalue weighted by Crippen LogP contribution is 2.61. The molecule has 0 bridgehead atoms. The number of aromatic nitrogens is 4. The van der Waals surface area contributed by atoms with Crippen LogP contribution < -0.4 is 4.90 Å². The lowest BCUT2D eigenvalue weighted by atomic mass is 9.61. The van der Waals surface area contributed by atoms with Crippen molar-refractivity contribution < 1.29 is 13.2 Å². The predicted molar refractivity (Wildman–Crippen MR) is 68.7 cm³/mol. The molecule has 3 fully saturated rings. The smallest absolute Gasteiger partial charge is 0.338 e. The molecule has 1 aliphatic heterocycles. The summed E-state index contributed by atoms with van der Waals surface area (Å²) in [5, 5.41) is 11.8. The lowest BCUT2D eigenvalue weighted by Crippen LogP contribution is -2.51. The first kappa shape index (κ1) is 13.3. The van der Waals surface area contributed by atoms with Crippen LogP contribution >= 0.6 is 0 Å². The number of halogens is 3. The van der Waals surface area contributed by atoms with Crippen LogP contribution in [-0.2, 0) is 5.54 Å². The van der Waals surface area contributed by atoms with E-state index in [1.807, 2.05) is 0 Å². The molecule has 2 heterocycles. The summed E-state index contributed by atoms with van der Waals surface area (Å²) in [6.07, 6.45) is -0.182. The van der Waals surface area contributed by atoms with Gasteiger partial charge in [-0.15, -0.1) is 0 Å². The molecule has 4 rings (SSSR count). The number of hydrogen-bond donors (Lipinski definition) is 0. The molecule has 0 aromatic carbocycles. The van der Waals surface area contributed by atoms with E-state index in [2.05, 4.69) is 22.4 Å². The van der Waals surface area contributed by atoms with Crippen LogP contribution in [-0.4, -0.2) is 39.5 Å². The highest BCUT2D eigenvalue weighted by Gasteiger charge is 2.68. The van der Waals surface area contributed by atoms with Gasteiger partial charge in [-0.2, -0.15) is 13.2 Å². The van der Waals surface area contributed by atoms with Crippen LogP contribution in [0, 0.1) is 11.3 Å². The number of hydrogen-bond acceptors (Lipinski definition) is 4. The van der Waals surface area contributed by atoms with Crippen LogP contribution in [0.25, 0.3) is 0 Å². The molecular weight excluding hydrogens is 283 g/mol. The Morgan fingerprint density at radius 1 is 1.24 bits per heavy atom. The number of tetrazole rings is 1. The van der Waals surface area contributed by atoms with Gasteiger partial charge in [0.05, 0.1) is 11.0 Å². The first-order valence-corrected chi connectivity index (χ1v) is 7.46. The van der Waals surface area contributed by atoms with E-state index in [9.17, 15) is 13.2 Å². The minimum absolute atomic E-state index is 0.00236. The first-order valence-electron chi connectivity index (χ1n) is 7.46. The molecule has 21 heavy (non-hydrogen) atoms. The SMILES string of the molecule is CC1(n2nnnc2N2C[C@@H]3CC[C@]3(C(F)(F)F)C2)CCC1. The van der Waals surface area contributed by atoms with Crippen LogP contribution in [0.15, 0.2) is 0 Å². The molecule has 0 radical (unpaired) electrons. The Morgan fingerprint density at radius 2 is 2.00 bits per heavy atom. The summed E-state index contributed by atoms with van der Waals surface area (Å²) in [7, 11) is 0. The molecule has 0 unspecified atom stereocenters. The minimum Gasteiger partial charge on any atom is -0.338 e. The van der Waals surface area contributed by atoms with Gasteiger partial charge in [-0.25, -0.2) is 4.68 Å². The number of nitrogens with zero attached hydrogens (tertiary/aromatic N) is 5. The zero-order valence-corrected chi connectivity index (χ0v) is 11.9. The van der Waals surface area contributed by atoms with E-state index in [4.69, 9.17) is 0 Å². The van der Waals surface area contributed by atoms with Gasteiger partial charge in [-0.05, 0) is 55.4 Å². The average Bonchev–Trinajstić information content (AvgIpc) is 2.90. The van der Waals surface area contributed by atoms with E-state index in [-0.39, 0.29) is 24.4 Å². The van der Waals surface area contributed by atoms with Crippen molar-refractivity contribution in [2.45, 2.75) is 50.7 Å². The van der Waals surface area contributed by atoms with Gasteiger partial charge in [0.2, 0.25) is 5.95 Å². The summed E-state index contributed by atoms with van der Waals surface area (Å²) in [5.74, 6) is 0.201. The van der Waals surface area contributed by atoms with Crippen LogP contribution in [0.3, 0.4) is 0 Å². The largest absolute Gasteiger partial charge is 0.396 e. The Hall–Kier alpha value is -1.34. The van der Waals surface area contributed by atoms with Crippen LogP contribution in [0.1, 0.15) is 39.0 Å². The second-order valence-corrected chi connectivity index (χ2v) is 7.01.